The Balaban J connectivity index is 5.66. The number of carboxylic acids is 2. The van der Waals surface area contributed by atoms with Crippen LogP contribution in [0, 0.1) is 5.92 Å². The molecular formula is C19H33N5O9. The number of carboxylic acid groups (broad SMARTS) is 2. The Bertz CT molecular complexity index is 743. The van der Waals surface area contributed by atoms with E-state index in [0.29, 0.717) is 6.42 Å². The second-order valence-electron chi connectivity index (χ2n) is 7.70. The molecule has 0 saturated carbocycles. The van der Waals surface area contributed by atoms with Crippen molar-refractivity contribution in [3.63, 3.8) is 0 Å². The molecule has 14 heteroatoms. The van der Waals surface area contributed by atoms with Crippen LogP contribution < -0.4 is 27.4 Å². The number of primary amides is 1. The van der Waals surface area contributed by atoms with Crippen LogP contribution in [-0.4, -0.2) is 81.2 Å². The molecule has 0 aromatic carbocycles. The number of rotatable bonds is 15. The van der Waals surface area contributed by atoms with Crippen molar-refractivity contribution in [2.24, 2.45) is 17.4 Å². The average molecular weight is 475 g/mol. The maximum Gasteiger partial charge on any atom is 0.326 e. The summed E-state index contributed by atoms with van der Waals surface area (Å²) in [7, 11) is 0. The lowest BCUT2D eigenvalue weighted by molar-refractivity contribution is -0.147. The summed E-state index contributed by atoms with van der Waals surface area (Å²) >= 11 is 0. The lowest BCUT2D eigenvalue weighted by Gasteiger charge is -2.28. The zero-order valence-corrected chi connectivity index (χ0v) is 18.7. The van der Waals surface area contributed by atoms with E-state index < -0.39 is 78.2 Å². The SMILES string of the molecule is CCC(C)C(NC(=O)C(N)C(C)O)C(=O)NC(CCC(N)=O)C(=O)NC(CC(=O)O)C(=O)O. The summed E-state index contributed by atoms with van der Waals surface area (Å²) in [6.07, 6.45) is -2.33. The van der Waals surface area contributed by atoms with Gasteiger partial charge in [0.25, 0.3) is 0 Å². The quantitative estimate of drug-likeness (QED) is 0.119. The molecule has 188 valence electrons. The van der Waals surface area contributed by atoms with Gasteiger partial charge in [-0.15, -0.1) is 0 Å². The van der Waals surface area contributed by atoms with Crippen LogP contribution in [-0.2, 0) is 28.8 Å². The van der Waals surface area contributed by atoms with Crippen molar-refractivity contribution in [1.82, 2.24) is 16.0 Å². The number of amides is 4. The number of aliphatic carboxylic acids is 2. The second kappa shape index (κ2) is 14.0. The second-order valence-corrected chi connectivity index (χ2v) is 7.70. The molecule has 0 aromatic rings. The van der Waals surface area contributed by atoms with Crippen molar-refractivity contribution in [2.45, 2.75) is 76.7 Å². The number of nitrogens with one attached hydrogen (secondary N) is 3. The van der Waals surface area contributed by atoms with Crippen molar-refractivity contribution in [2.75, 3.05) is 0 Å². The molecular weight excluding hydrogens is 442 g/mol. The molecule has 0 radical (unpaired) electrons. The van der Waals surface area contributed by atoms with Crippen molar-refractivity contribution in [3.05, 3.63) is 0 Å². The lowest BCUT2D eigenvalue weighted by atomic mass is 9.96. The third-order valence-electron chi connectivity index (χ3n) is 4.92. The van der Waals surface area contributed by atoms with Gasteiger partial charge in [0.1, 0.15) is 24.2 Å². The van der Waals surface area contributed by atoms with E-state index in [0.717, 1.165) is 0 Å². The van der Waals surface area contributed by atoms with Gasteiger partial charge in [-0.25, -0.2) is 4.79 Å². The molecule has 0 fully saturated rings. The van der Waals surface area contributed by atoms with Gasteiger partial charge in [-0.2, -0.15) is 0 Å². The summed E-state index contributed by atoms with van der Waals surface area (Å²) in [6.45, 7) is 4.68. The Labute approximate surface area is 190 Å². The number of hydrogen-bond acceptors (Lipinski definition) is 8. The van der Waals surface area contributed by atoms with Crippen molar-refractivity contribution in [1.29, 1.82) is 0 Å². The Morgan fingerprint density at radius 1 is 0.879 bits per heavy atom. The van der Waals surface area contributed by atoms with Gasteiger partial charge in [0.15, 0.2) is 0 Å². The number of carbonyl (C=O) groups is 6. The molecule has 6 atom stereocenters. The molecule has 0 spiro atoms. The molecule has 0 aliphatic heterocycles. The van der Waals surface area contributed by atoms with Crippen molar-refractivity contribution < 1.29 is 44.1 Å². The molecule has 0 bridgehead atoms. The lowest BCUT2D eigenvalue weighted by Crippen LogP contribution is -2.59. The highest BCUT2D eigenvalue weighted by atomic mass is 16.4. The van der Waals surface area contributed by atoms with Crippen LogP contribution >= 0.6 is 0 Å². The molecule has 14 nitrogen and oxygen atoms in total. The zero-order chi connectivity index (χ0) is 25.9. The fraction of sp³-hybridized carbons (Fsp3) is 0.684. The number of hydrogen-bond donors (Lipinski definition) is 8. The summed E-state index contributed by atoms with van der Waals surface area (Å²) in [5.74, 6) is -7.00. The first-order valence-electron chi connectivity index (χ1n) is 10.3. The van der Waals surface area contributed by atoms with E-state index in [4.69, 9.17) is 21.7 Å². The molecule has 0 heterocycles. The molecule has 0 rings (SSSR count). The van der Waals surface area contributed by atoms with Gasteiger partial charge in [-0.1, -0.05) is 20.3 Å². The summed E-state index contributed by atoms with van der Waals surface area (Å²) in [4.78, 5) is 71.0. The minimum Gasteiger partial charge on any atom is -0.481 e. The maximum absolute atomic E-state index is 12.9. The van der Waals surface area contributed by atoms with E-state index in [2.05, 4.69) is 10.6 Å². The molecule has 0 saturated heterocycles. The average Bonchev–Trinajstić information content (AvgIpc) is 2.71. The summed E-state index contributed by atoms with van der Waals surface area (Å²) in [5, 5.41) is 34.2. The smallest absolute Gasteiger partial charge is 0.326 e. The van der Waals surface area contributed by atoms with E-state index in [1.807, 2.05) is 5.32 Å². The topological polar surface area (TPSA) is 251 Å². The number of nitrogens with two attached hydrogens (primary N) is 2. The predicted molar refractivity (Wildman–Crippen MR) is 113 cm³/mol. The van der Waals surface area contributed by atoms with Gasteiger partial charge in [0.2, 0.25) is 23.6 Å². The van der Waals surface area contributed by atoms with Gasteiger partial charge < -0.3 is 42.7 Å². The van der Waals surface area contributed by atoms with Crippen LogP contribution in [0.15, 0.2) is 0 Å². The third kappa shape index (κ3) is 10.7. The van der Waals surface area contributed by atoms with E-state index in [1.54, 1.807) is 13.8 Å². The largest absolute Gasteiger partial charge is 0.481 e. The number of aliphatic hydroxyl groups excluding tert-OH is 1. The molecule has 0 aliphatic carbocycles. The summed E-state index contributed by atoms with van der Waals surface area (Å²) in [5.41, 5.74) is 10.7. The Hall–Kier alpha value is -3.26. The normalized spacial score (nSPS) is 16.3. The highest BCUT2D eigenvalue weighted by Crippen LogP contribution is 2.10. The first-order chi connectivity index (χ1) is 15.2. The first kappa shape index (κ1) is 29.7. The fourth-order valence-electron chi connectivity index (χ4n) is 2.63. The number of carbonyl (C=O) groups excluding carboxylic acids is 4. The van der Waals surface area contributed by atoms with Crippen molar-refractivity contribution >= 4 is 35.6 Å². The molecule has 4 amide bonds. The zero-order valence-electron chi connectivity index (χ0n) is 18.7. The van der Waals surface area contributed by atoms with E-state index in [-0.39, 0.29) is 12.8 Å². The van der Waals surface area contributed by atoms with Crippen LogP contribution in [0.2, 0.25) is 0 Å². The molecule has 0 aliphatic rings. The van der Waals surface area contributed by atoms with Crippen LogP contribution in [0.5, 0.6) is 0 Å². The Morgan fingerprint density at radius 2 is 1.42 bits per heavy atom. The number of aliphatic hydroxyl groups is 1. The van der Waals surface area contributed by atoms with E-state index >= 15 is 0 Å². The highest BCUT2D eigenvalue weighted by Gasteiger charge is 2.33. The van der Waals surface area contributed by atoms with Crippen LogP contribution in [0.3, 0.4) is 0 Å². The van der Waals surface area contributed by atoms with Crippen LogP contribution in [0.1, 0.15) is 46.5 Å². The summed E-state index contributed by atoms with van der Waals surface area (Å²) in [6, 6.07) is -5.72. The maximum atomic E-state index is 12.9. The van der Waals surface area contributed by atoms with Crippen LogP contribution in [0.25, 0.3) is 0 Å². The third-order valence-corrected chi connectivity index (χ3v) is 4.92. The van der Waals surface area contributed by atoms with Crippen LogP contribution in [0.4, 0.5) is 0 Å². The Kier molecular flexibility index (Phi) is 12.6. The fourth-order valence-corrected chi connectivity index (χ4v) is 2.63. The van der Waals surface area contributed by atoms with Gasteiger partial charge >= 0.3 is 11.9 Å². The highest BCUT2D eigenvalue weighted by molar-refractivity contribution is 5.95. The molecule has 0 aromatic heterocycles. The minimum absolute atomic E-state index is 0.305. The van der Waals surface area contributed by atoms with E-state index in [1.165, 1.54) is 6.92 Å². The van der Waals surface area contributed by atoms with Gasteiger partial charge in [-0.05, 0) is 19.3 Å². The van der Waals surface area contributed by atoms with Crippen molar-refractivity contribution in [3.8, 4) is 0 Å². The predicted octanol–water partition coefficient (Wildman–Crippen LogP) is -2.98. The monoisotopic (exact) mass is 475 g/mol. The molecule has 33 heavy (non-hydrogen) atoms. The first-order valence-corrected chi connectivity index (χ1v) is 10.3. The molecule has 10 N–H and O–H groups in total. The minimum atomic E-state index is -1.78. The van der Waals surface area contributed by atoms with Gasteiger partial charge in [-0.3, -0.25) is 24.0 Å². The Morgan fingerprint density at radius 3 is 1.85 bits per heavy atom. The van der Waals surface area contributed by atoms with E-state index in [9.17, 15) is 33.9 Å². The summed E-state index contributed by atoms with van der Waals surface area (Å²) < 4.78 is 0. The molecule has 6 unspecified atom stereocenters. The van der Waals surface area contributed by atoms with Gasteiger partial charge in [0.05, 0.1) is 12.5 Å². The van der Waals surface area contributed by atoms with Gasteiger partial charge in [0, 0.05) is 6.42 Å². The standard InChI is InChI=1S/C19H33N5O9/c1-4-8(2)15(24-17(30)14(21)9(3)25)18(31)22-10(5-6-12(20)26)16(29)23-11(19(32)33)7-13(27)28/h8-11,14-15,25H,4-7,21H2,1-3H3,(H2,20,26)(H,22,31)(H,23,29)(H,24,30)(H,27,28)(H,32,33).